The van der Waals surface area contributed by atoms with E-state index in [0.29, 0.717) is 16.7 Å². The molecule has 20 heavy (non-hydrogen) atoms. The van der Waals surface area contributed by atoms with Gasteiger partial charge in [0, 0.05) is 24.2 Å². The van der Waals surface area contributed by atoms with Crippen molar-refractivity contribution in [3.05, 3.63) is 40.6 Å². The van der Waals surface area contributed by atoms with Crippen molar-refractivity contribution in [2.45, 2.75) is 18.9 Å². The molecule has 1 aliphatic heterocycles. The molecule has 2 heterocycles. The van der Waals surface area contributed by atoms with Gasteiger partial charge in [0.1, 0.15) is 11.9 Å². The van der Waals surface area contributed by atoms with Crippen LogP contribution in [0.15, 0.2) is 30.5 Å². The van der Waals surface area contributed by atoms with E-state index >= 15 is 0 Å². The fourth-order valence-corrected chi connectivity index (χ4v) is 2.49. The SMILES string of the molecule is O=[N+]([O-])c1cccc2c(O[C@H]3CCCNC3)ccnc12. The number of benzene rings is 1. The number of rotatable bonds is 3. The van der Waals surface area contributed by atoms with Gasteiger partial charge in [0.2, 0.25) is 0 Å². The molecule has 1 aromatic heterocycles. The van der Waals surface area contributed by atoms with Crippen molar-refractivity contribution in [1.82, 2.24) is 10.3 Å². The summed E-state index contributed by atoms with van der Waals surface area (Å²) in [6, 6.07) is 6.69. The summed E-state index contributed by atoms with van der Waals surface area (Å²) in [7, 11) is 0. The van der Waals surface area contributed by atoms with E-state index in [-0.39, 0.29) is 11.8 Å². The number of pyridine rings is 1. The number of nitro benzene ring substituents is 1. The number of nitro groups is 1. The Hall–Kier alpha value is -2.21. The second-order valence-corrected chi connectivity index (χ2v) is 4.83. The molecular formula is C14H15N3O3. The van der Waals surface area contributed by atoms with Gasteiger partial charge in [0.15, 0.2) is 5.52 Å². The lowest BCUT2D eigenvalue weighted by Gasteiger charge is -2.24. The zero-order chi connectivity index (χ0) is 13.9. The van der Waals surface area contributed by atoms with Gasteiger partial charge in [-0.2, -0.15) is 0 Å². The van der Waals surface area contributed by atoms with Gasteiger partial charge in [-0.15, -0.1) is 0 Å². The van der Waals surface area contributed by atoms with Crippen LogP contribution < -0.4 is 10.1 Å². The van der Waals surface area contributed by atoms with Crippen LogP contribution in [0.5, 0.6) is 5.75 Å². The zero-order valence-electron chi connectivity index (χ0n) is 10.9. The van der Waals surface area contributed by atoms with Crippen LogP contribution in [0.25, 0.3) is 10.9 Å². The van der Waals surface area contributed by atoms with Crippen LogP contribution in [0.2, 0.25) is 0 Å². The van der Waals surface area contributed by atoms with Crippen LogP contribution in [0.3, 0.4) is 0 Å². The van der Waals surface area contributed by atoms with E-state index in [1.54, 1.807) is 24.4 Å². The van der Waals surface area contributed by atoms with E-state index in [0.717, 1.165) is 25.9 Å². The number of nitrogens with one attached hydrogen (secondary N) is 1. The van der Waals surface area contributed by atoms with Crippen LogP contribution >= 0.6 is 0 Å². The minimum absolute atomic E-state index is 0.00900. The van der Waals surface area contributed by atoms with Crippen molar-refractivity contribution in [3.63, 3.8) is 0 Å². The lowest BCUT2D eigenvalue weighted by atomic mass is 10.1. The van der Waals surface area contributed by atoms with Gasteiger partial charge in [-0.1, -0.05) is 6.07 Å². The first-order valence-corrected chi connectivity index (χ1v) is 6.65. The van der Waals surface area contributed by atoms with Crippen LogP contribution in [0, 0.1) is 10.1 Å². The molecule has 104 valence electrons. The van der Waals surface area contributed by atoms with Gasteiger partial charge in [0.05, 0.1) is 4.92 Å². The topological polar surface area (TPSA) is 77.3 Å². The van der Waals surface area contributed by atoms with E-state index in [9.17, 15) is 10.1 Å². The van der Waals surface area contributed by atoms with E-state index in [2.05, 4.69) is 10.3 Å². The molecular weight excluding hydrogens is 258 g/mol. The van der Waals surface area contributed by atoms with E-state index in [1.165, 1.54) is 6.07 Å². The van der Waals surface area contributed by atoms with Gasteiger partial charge < -0.3 is 10.1 Å². The highest BCUT2D eigenvalue weighted by Gasteiger charge is 2.18. The normalized spacial score (nSPS) is 18.9. The summed E-state index contributed by atoms with van der Waals surface area (Å²) < 4.78 is 5.98. The molecule has 0 bridgehead atoms. The fraction of sp³-hybridized carbons (Fsp3) is 0.357. The lowest BCUT2D eigenvalue weighted by Crippen LogP contribution is -2.37. The van der Waals surface area contributed by atoms with Crippen molar-refractivity contribution in [2.24, 2.45) is 0 Å². The molecule has 0 saturated carbocycles. The van der Waals surface area contributed by atoms with Crippen molar-refractivity contribution >= 4 is 16.6 Å². The molecule has 0 unspecified atom stereocenters. The van der Waals surface area contributed by atoms with Crippen molar-refractivity contribution in [3.8, 4) is 5.75 Å². The molecule has 1 aromatic carbocycles. The highest BCUT2D eigenvalue weighted by atomic mass is 16.6. The first kappa shape index (κ1) is 12.8. The molecule has 1 N–H and O–H groups in total. The number of para-hydroxylation sites is 1. The van der Waals surface area contributed by atoms with Crippen LogP contribution in [-0.2, 0) is 0 Å². The Labute approximate surface area is 115 Å². The molecule has 6 nitrogen and oxygen atoms in total. The van der Waals surface area contributed by atoms with Gasteiger partial charge in [-0.3, -0.25) is 10.1 Å². The molecule has 0 radical (unpaired) electrons. The number of piperidine rings is 1. The number of fused-ring (bicyclic) bond motifs is 1. The molecule has 6 heteroatoms. The third kappa shape index (κ3) is 2.42. The predicted octanol–water partition coefficient (Wildman–Crippen LogP) is 2.27. The third-order valence-corrected chi connectivity index (χ3v) is 3.45. The summed E-state index contributed by atoms with van der Waals surface area (Å²) in [6.07, 6.45) is 3.73. The Morgan fingerprint density at radius 2 is 2.30 bits per heavy atom. The second-order valence-electron chi connectivity index (χ2n) is 4.83. The summed E-state index contributed by atoms with van der Waals surface area (Å²) in [5.41, 5.74) is 0.383. The van der Waals surface area contributed by atoms with E-state index in [4.69, 9.17) is 4.74 Å². The molecule has 3 rings (SSSR count). The molecule has 2 aromatic rings. The Morgan fingerprint density at radius 3 is 3.05 bits per heavy atom. The highest BCUT2D eigenvalue weighted by Crippen LogP contribution is 2.31. The Kier molecular flexibility index (Phi) is 3.47. The third-order valence-electron chi connectivity index (χ3n) is 3.45. The van der Waals surface area contributed by atoms with Crippen molar-refractivity contribution in [2.75, 3.05) is 13.1 Å². The number of ether oxygens (including phenoxy) is 1. The van der Waals surface area contributed by atoms with Gasteiger partial charge >= 0.3 is 0 Å². The van der Waals surface area contributed by atoms with Crippen LogP contribution in [-0.4, -0.2) is 29.1 Å². The maximum absolute atomic E-state index is 11.0. The smallest absolute Gasteiger partial charge is 0.295 e. The van der Waals surface area contributed by atoms with Gasteiger partial charge in [-0.05, 0) is 31.5 Å². The summed E-state index contributed by atoms with van der Waals surface area (Å²) in [4.78, 5) is 14.7. The molecule has 1 aliphatic rings. The van der Waals surface area contributed by atoms with E-state index < -0.39 is 4.92 Å². The maximum Gasteiger partial charge on any atom is 0.295 e. The van der Waals surface area contributed by atoms with Crippen LogP contribution in [0.1, 0.15) is 12.8 Å². The highest BCUT2D eigenvalue weighted by molar-refractivity contribution is 5.91. The summed E-state index contributed by atoms with van der Waals surface area (Å²) >= 11 is 0. The lowest BCUT2D eigenvalue weighted by molar-refractivity contribution is -0.383. The predicted molar refractivity (Wildman–Crippen MR) is 74.9 cm³/mol. The number of hydrogen-bond acceptors (Lipinski definition) is 5. The molecule has 0 aliphatic carbocycles. The number of aromatic nitrogens is 1. The van der Waals surface area contributed by atoms with E-state index in [1.807, 2.05) is 0 Å². The van der Waals surface area contributed by atoms with Crippen LogP contribution in [0.4, 0.5) is 5.69 Å². The quantitative estimate of drug-likeness (QED) is 0.685. The molecule has 0 amide bonds. The molecule has 1 fully saturated rings. The number of nitrogens with zero attached hydrogens (tertiary/aromatic N) is 2. The molecule has 1 saturated heterocycles. The summed E-state index contributed by atoms with van der Waals surface area (Å²) in [5.74, 6) is 0.660. The summed E-state index contributed by atoms with van der Waals surface area (Å²) in [5, 5.41) is 15.0. The Morgan fingerprint density at radius 1 is 1.40 bits per heavy atom. The Balaban J connectivity index is 1.98. The average Bonchev–Trinajstić information content (AvgIpc) is 2.48. The van der Waals surface area contributed by atoms with Gasteiger partial charge in [0.25, 0.3) is 5.69 Å². The number of hydrogen-bond donors (Lipinski definition) is 1. The molecule has 0 spiro atoms. The maximum atomic E-state index is 11.0. The first-order valence-electron chi connectivity index (χ1n) is 6.65. The number of non-ortho nitro benzene ring substituents is 1. The standard InChI is InChI=1S/C14H15N3O3/c18-17(19)12-5-1-4-11-13(6-8-16-14(11)12)20-10-3-2-7-15-9-10/h1,4-6,8,10,15H,2-3,7,9H2/t10-/m0/s1. The average molecular weight is 273 g/mol. The second kappa shape index (κ2) is 5.42. The zero-order valence-corrected chi connectivity index (χ0v) is 10.9. The Bertz CT molecular complexity index is 639. The van der Waals surface area contributed by atoms with Gasteiger partial charge in [-0.25, -0.2) is 4.98 Å². The first-order chi connectivity index (χ1) is 9.75. The molecule has 1 atom stereocenters. The largest absolute Gasteiger partial charge is 0.488 e. The summed E-state index contributed by atoms with van der Waals surface area (Å²) in [6.45, 7) is 1.82. The minimum Gasteiger partial charge on any atom is -0.488 e. The fourth-order valence-electron chi connectivity index (χ4n) is 2.49. The van der Waals surface area contributed by atoms with Crippen molar-refractivity contribution in [1.29, 1.82) is 0 Å². The minimum atomic E-state index is -0.415. The monoisotopic (exact) mass is 273 g/mol. The van der Waals surface area contributed by atoms with Crippen molar-refractivity contribution < 1.29 is 9.66 Å².